The number of rotatable bonds is 6. The number of hydrogen-bond donors (Lipinski definition) is 1. The van der Waals surface area contributed by atoms with E-state index in [4.69, 9.17) is 4.74 Å². The Labute approximate surface area is 131 Å². The molecular weight excluding hydrogens is 276 g/mol. The summed E-state index contributed by atoms with van der Waals surface area (Å²) in [5.74, 6) is 0.901. The molecule has 2 aromatic carbocycles. The molecule has 0 aliphatic carbocycles. The number of aromatic hydroxyl groups is 1. The van der Waals surface area contributed by atoms with E-state index in [2.05, 4.69) is 22.0 Å². The van der Waals surface area contributed by atoms with Crippen LogP contribution in [0.25, 0.3) is 0 Å². The summed E-state index contributed by atoms with van der Waals surface area (Å²) in [6.07, 6.45) is 1.68. The van der Waals surface area contributed by atoms with Crippen LogP contribution in [-0.4, -0.2) is 37.4 Å². The van der Waals surface area contributed by atoms with E-state index in [1.165, 1.54) is 11.1 Å². The van der Waals surface area contributed by atoms with Crippen LogP contribution in [0.3, 0.4) is 0 Å². The molecule has 2 aromatic rings. The second-order valence-electron chi connectivity index (χ2n) is 5.40. The molecule has 0 aromatic heterocycles. The van der Waals surface area contributed by atoms with Gasteiger partial charge in [0.05, 0.1) is 13.7 Å². The Bertz CT molecular complexity index is 651. The third-order valence-corrected chi connectivity index (χ3v) is 3.33. The monoisotopic (exact) mass is 298 g/mol. The molecule has 1 N–H and O–H groups in total. The van der Waals surface area contributed by atoms with Crippen molar-refractivity contribution >= 4 is 6.21 Å². The van der Waals surface area contributed by atoms with E-state index in [0.717, 1.165) is 6.54 Å². The molecule has 0 fully saturated rings. The van der Waals surface area contributed by atoms with Crippen molar-refractivity contribution in [2.75, 3.05) is 21.2 Å². The van der Waals surface area contributed by atoms with E-state index in [1.807, 2.05) is 26.2 Å². The van der Waals surface area contributed by atoms with Crippen molar-refractivity contribution in [1.82, 2.24) is 4.90 Å². The van der Waals surface area contributed by atoms with Crippen LogP contribution in [0.4, 0.5) is 0 Å². The smallest absolute Gasteiger partial charge is 0.124 e. The standard InChI is InChI=1S/C18H22N2O2/c1-20(2)13-15-7-5-4-6-14(15)11-19-12-16-10-17(22-3)8-9-18(16)21/h4-10,12,21H,11,13H2,1-3H3. The molecular formula is C18H22N2O2. The lowest BCUT2D eigenvalue weighted by Gasteiger charge is -2.12. The normalized spacial score (nSPS) is 11.3. The van der Waals surface area contributed by atoms with Crippen molar-refractivity contribution in [2.24, 2.45) is 4.99 Å². The van der Waals surface area contributed by atoms with Gasteiger partial charge in [-0.1, -0.05) is 24.3 Å². The highest BCUT2D eigenvalue weighted by Gasteiger charge is 2.03. The fourth-order valence-corrected chi connectivity index (χ4v) is 2.21. The van der Waals surface area contributed by atoms with Crippen LogP contribution in [-0.2, 0) is 13.1 Å². The van der Waals surface area contributed by atoms with Crippen molar-refractivity contribution < 1.29 is 9.84 Å². The van der Waals surface area contributed by atoms with Crippen molar-refractivity contribution in [2.45, 2.75) is 13.1 Å². The molecule has 0 saturated carbocycles. The third-order valence-electron chi connectivity index (χ3n) is 3.33. The predicted molar refractivity (Wildman–Crippen MR) is 89.8 cm³/mol. The summed E-state index contributed by atoms with van der Waals surface area (Å²) in [4.78, 5) is 6.59. The third kappa shape index (κ3) is 4.33. The highest BCUT2D eigenvalue weighted by atomic mass is 16.5. The molecule has 0 spiro atoms. The summed E-state index contributed by atoms with van der Waals surface area (Å²) in [5, 5.41) is 9.85. The van der Waals surface area contributed by atoms with Crippen LogP contribution < -0.4 is 4.74 Å². The molecule has 0 aliphatic rings. The summed E-state index contributed by atoms with van der Waals surface area (Å²) in [6.45, 7) is 1.47. The summed E-state index contributed by atoms with van der Waals surface area (Å²) in [5.41, 5.74) is 3.11. The Morgan fingerprint density at radius 1 is 1.14 bits per heavy atom. The Morgan fingerprint density at radius 3 is 2.55 bits per heavy atom. The van der Waals surface area contributed by atoms with E-state index in [-0.39, 0.29) is 5.75 Å². The Morgan fingerprint density at radius 2 is 1.86 bits per heavy atom. The molecule has 116 valence electrons. The molecule has 0 saturated heterocycles. The van der Waals surface area contributed by atoms with Crippen molar-refractivity contribution in [3.8, 4) is 11.5 Å². The maximum Gasteiger partial charge on any atom is 0.124 e. The molecule has 0 unspecified atom stereocenters. The number of ether oxygens (including phenoxy) is 1. The Hall–Kier alpha value is -2.33. The maximum absolute atomic E-state index is 9.85. The van der Waals surface area contributed by atoms with Gasteiger partial charge in [0.1, 0.15) is 11.5 Å². The average molecular weight is 298 g/mol. The van der Waals surface area contributed by atoms with Crippen LogP contribution in [0.5, 0.6) is 11.5 Å². The molecule has 4 heteroatoms. The van der Waals surface area contributed by atoms with Crippen LogP contribution in [0.15, 0.2) is 47.5 Å². The quantitative estimate of drug-likeness (QED) is 0.834. The van der Waals surface area contributed by atoms with Crippen LogP contribution in [0.1, 0.15) is 16.7 Å². The zero-order chi connectivity index (χ0) is 15.9. The number of hydrogen-bond acceptors (Lipinski definition) is 4. The minimum absolute atomic E-state index is 0.200. The highest BCUT2D eigenvalue weighted by Crippen LogP contribution is 2.21. The summed E-state index contributed by atoms with van der Waals surface area (Å²) in [7, 11) is 5.70. The van der Waals surface area contributed by atoms with Gasteiger partial charge in [0, 0.05) is 18.3 Å². The lowest BCUT2D eigenvalue weighted by molar-refractivity contribution is 0.401. The van der Waals surface area contributed by atoms with Gasteiger partial charge in [-0.3, -0.25) is 4.99 Å². The van der Waals surface area contributed by atoms with Gasteiger partial charge in [-0.05, 0) is 43.4 Å². The van der Waals surface area contributed by atoms with Gasteiger partial charge in [0.2, 0.25) is 0 Å². The lowest BCUT2D eigenvalue weighted by atomic mass is 10.1. The van der Waals surface area contributed by atoms with Gasteiger partial charge in [-0.2, -0.15) is 0 Å². The molecule has 0 bridgehead atoms. The summed E-state index contributed by atoms with van der Waals surface area (Å²) in [6, 6.07) is 13.4. The molecule has 22 heavy (non-hydrogen) atoms. The molecule has 0 radical (unpaired) electrons. The first-order chi connectivity index (χ1) is 10.6. The van der Waals surface area contributed by atoms with E-state index in [0.29, 0.717) is 17.9 Å². The van der Waals surface area contributed by atoms with Crippen LogP contribution >= 0.6 is 0 Å². The van der Waals surface area contributed by atoms with Gasteiger partial charge in [-0.25, -0.2) is 0 Å². The van der Waals surface area contributed by atoms with E-state index >= 15 is 0 Å². The molecule has 0 aliphatic heterocycles. The lowest BCUT2D eigenvalue weighted by Crippen LogP contribution is -2.12. The second kappa shape index (κ2) is 7.61. The Balaban J connectivity index is 2.13. The number of phenolic OH excluding ortho intramolecular Hbond substituents is 1. The predicted octanol–water partition coefficient (Wildman–Crippen LogP) is 3.08. The van der Waals surface area contributed by atoms with Gasteiger partial charge < -0.3 is 14.7 Å². The van der Waals surface area contributed by atoms with E-state index < -0.39 is 0 Å². The van der Waals surface area contributed by atoms with Gasteiger partial charge in [0.25, 0.3) is 0 Å². The second-order valence-corrected chi connectivity index (χ2v) is 5.40. The van der Waals surface area contributed by atoms with Gasteiger partial charge >= 0.3 is 0 Å². The maximum atomic E-state index is 9.85. The summed E-state index contributed by atoms with van der Waals surface area (Å²) < 4.78 is 5.16. The minimum atomic E-state index is 0.200. The first-order valence-electron chi connectivity index (χ1n) is 7.18. The number of aliphatic imine (C=N–C) groups is 1. The number of phenols is 1. The van der Waals surface area contributed by atoms with Crippen molar-refractivity contribution in [3.63, 3.8) is 0 Å². The number of nitrogens with zero attached hydrogens (tertiary/aromatic N) is 2. The fourth-order valence-electron chi connectivity index (χ4n) is 2.21. The molecule has 0 atom stereocenters. The first-order valence-corrected chi connectivity index (χ1v) is 7.18. The SMILES string of the molecule is COc1ccc(O)c(C=NCc2ccccc2CN(C)C)c1. The fraction of sp³-hybridized carbons (Fsp3) is 0.278. The molecule has 0 heterocycles. The number of methoxy groups -OCH3 is 1. The van der Waals surface area contributed by atoms with Crippen LogP contribution in [0, 0.1) is 0 Å². The topological polar surface area (TPSA) is 45.1 Å². The van der Waals surface area contributed by atoms with Crippen molar-refractivity contribution in [1.29, 1.82) is 0 Å². The molecule has 0 amide bonds. The largest absolute Gasteiger partial charge is 0.507 e. The summed E-state index contributed by atoms with van der Waals surface area (Å²) >= 11 is 0. The van der Waals surface area contributed by atoms with Crippen LogP contribution in [0.2, 0.25) is 0 Å². The van der Waals surface area contributed by atoms with E-state index in [9.17, 15) is 5.11 Å². The van der Waals surface area contributed by atoms with E-state index in [1.54, 1.807) is 31.5 Å². The van der Waals surface area contributed by atoms with Crippen molar-refractivity contribution in [3.05, 3.63) is 59.2 Å². The molecule has 4 nitrogen and oxygen atoms in total. The minimum Gasteiger partial charge on any atom is -0.507 e. The Kier molecular flexibility index (Phi) is 5.55. The first kappa shape index (κ1) is 16.0. The number of benzene rings is 2. The van der Waals surface area contributed by atoms with Gasteiger partial charge in [0.15, 0.2) is 0 Å². The zero-order valence-corrected chi connectivity index (χ0v) is 13.3. The van der Waals surface area contributed by atoms with Gasteiger partial charge in [-0.15, -0.1) is 0 Å². The highest BCUT2D eigenvalue weighted by molar-refractivity contribution is 5.84. The zero-order valence-electron chi connectivity index (χ0n) is 13.3. The molecule has 2 rings (SSSR count). The average Bonchev–Trinajstić information content (AvgIpc) is 2.50.